The Balaban J connectivity index is 0.00000128. The predicted molar refractivity (Wildman–Crippen MR) is 58.9 cm³/mol. The average Bonchev–Trinajstić information content (AvgIpc) is 2.69. The molecule has 5 heteroatoms. The molecule has 0 saturated carbocycles. The van der Waals surface area contributed by atoms with Gasteiger partial charge in [0, 0.05) is 6.54 Å². The van der Waals surface area contributed by atoms with E-state index >= 15 is 0 Å². The standard InChI is InChI=1S/C11H12F3N.ClH/c12-11(13,14)10-4-2-1-3-9(10)8-5-6-15-7-8;/h1-4,8,15H,5-7H2;1H. The maximum Gasteiger partial charge on any atom is 0.416 e. The van der Waals surface area contributed by atoms with E-state index in [-0.39, 0.29) is 18.3 Å². The van der Waals surface area contributed by atoms with Crippen LogP contribution in [0.2, 0.25) is 0 Å². The topological polar surface area (TPSA) is 12.0 Å². The minimum atomic E-state index is -4.24. The zero-order valence-electron chi connectivity index (χ0n) is 8.55. The van der Waals surface area contributed by atoms with E-state index in [4.69, 9.17) is 0 Å². The molecule has 0 amide bonds. The summed E-state index contributed by atoms with van der Waals surface area (Å²) in [6.07, 6.45) is -3.45. The van der Waals surface area contributed by atoms with Gasteiger partial charge in [-0.1, -0.05) is 18.2 Å². The Hall–Kier alpha value is -0.740. The second kappa shape index (κ2) is 5.06. The molecule has 16 heavy (non-hydrogen) atoms. The van der Waals surface area contributed by atoms with Gasteiger partial charge in [-0.05, 0) is 30.5 Å². The second-order valence-corrected chi connectivity index (χ2v) is 3.77. The third-order valence-electron chi connectivity index (χ3n) is 2.77. The number of rotatable bonds is 1. The van der Waals surface area contributed by atoms with Gasteiger partial charge in [0.1, 0.15) is 0 Å². The van der Waals surface area contributed by atoms with Crippen molar-refractivity contribution in [3.05, 3.63) is 35.4 Å². The number of benzene rings is 1. The summed E-state index contributed by atoms with van der Waals surface area (Å²) in [4.78, 5) is 0. The van der Waals surface area contributed by atoms with Crippen molar-refractivity contribution in [2.45, 2.75) is 18.5 Å². The van der Waals surface area contributed by atoms with Crippen molar-refractivity contribution in [1.82, 2.24) is 5.32 Å². The van der Waals surface area contributed by atoms with E-state index < -0.39 is 11.7 Å². The Morgan fingerprint density at radius 2 is 1.88 bits per heavy atom. The van der Waals surface area contributed by atoms with Gasteiger partial charge in [0.05, 0.1) is 5.56 Å². The monoisotopic (exact) mass is 251 g/mol. The van der Waals surface area contributed by atoms with E-state index in [1.54, 1.807) is 12.1 Å². The fourth-order valence-electron chi connectivity index (χ4n) is 2.03. The molecule has 0 spiro atoms. The second-order valence-electron chi connectivity index (χ2n) is 3.77. The molecule has 1 unspecified atom stereocenters. The number of nitrogens with one attached hydrogen (secondary N) is 1. The van der Waals surface area contributed by atoms with Gasteiger partial charge in [-0.3, -0.25) is 0 Å². The van der Waals surface area contributed by atoms with Gasteiger partial charge in [-0.2, -0.15) is 13.2 Å². The van der Waals surface area contributed by atoms with Crippen LogP contribution in [0.4, 0.5) is 13.2 Å². The molecule has 0 aromatic heterocycles. The summed E-state index contributed by atoms with van der Waals surface area (Å²) >= 11 is 0. The highest BCUT2D eigenvalue weighted by atomic mass is 35.5. The lowest BCUT2D eigenvalue weighted by molar-refractivity contribution is -0.138. The van der Waals surface area contributed by atoms with Crippen molar-refractivity contribution in [2.24, 2.45) is 0 Å². The van der Waals surface area contributed by atoms with Gasteiger partial charge in [-0.25, -0.2) is 0 Å². The van der Waals surface area contributed by atoms with E-state index in [2.05, 4.69) is 5.32 Å². The summed E-state index contributed by atoms with van der Waals surface area (Å²) in [5.41, 5.74) is -0.0614. The first kappa shape index (κ1) is 13.3. The molecule has 1 atom stereocenters. The van der Waals surface area contributed by atoms with Crippen molar-refractivity contribution in [2.75, 3.05) is 13.1 Å². The summed E-state index contributed by atoms with van der Waals surface area (Å²) in [6.45, 7) is 1.45. The first-order valence-corrected chi connectivity index (χ1v) is 4.96. The van der Waals surface area contributed by atoms with Gasteiger partial charge < -0.3 is 5.32 Å². The molecule has 1 N–H and O–H groups in total. The molecule has 1 saturated heterocycles. The van der Waals surface area contributed by atoms with Crippen LogP contribution in [0.1, 0.15) is 23.5 Å². The molecule has 1 nitrogen and oxygen atoms in total. The molecule has 1 aliphatic heterocycles. The third-order valence-corrected chi connectivity index (χ3v) is 2.77. The largest absolute Gasteiger partial charge is 0.416 e. The van der Waals surface area contributed by atoms with E-state index in [9.17, 15) is 13.2 Å². The molecule has 0 radical (unpaired) electrons. The van der Waals surface area contributed by atoms with Gasteiger partial charge in [0.15, 0.2) is 0 Å². The molecule has 1 aliphatic rings. The van der Waals surface area contributed by atoms with Crippen LogP contribution in [0.15, 0.2) is 24.3 Å². The van der Waals surface area contributed by atoms with E-state index in [1.807, 2.05) is 0 Å². The van der Waals surface area contributed by atoms with E-state index in [0.717, 1.165) is 19.0 Å². The number of hydrogen-bond acceptors (Lipinski definition) is 1. The van der Waals surface area contributed by atoms with Crippen molar-refractivity contribution in [3.8, 4) is 0 Å². The summed E-state index contributed by atoms with van der Waals surface area (Å²) < 4.78 is 38.0. The van der Waals surface area contributed by atoms with Gasteiger partial charge in [0.25, 0.3) is 0 Å². The van der Waals surface area contributed by atoms with Crippen LogP contribution in [0, 0.1) is 0 Å². The van der Waals surface area contributed by atoms with Crippen molar-refractivity contribution in [3.63, 3.8) is 0 Å². The Kier molecular flexibility index (Phi) is 4.21. The average molecular weight is 252 g/mol. The fraction of sp³-hybridized carbons (Fsp3) is 0.455. The minimum absolute atomic E-state index is 0. The smallest absolute Gasteiger partial charge is 0.316 e. The van der Waals surface area contributed by atoms with Crippen LogP contribution in [0.25, 0.3) is 0 Å². The van der Waals surface area contributed by atoms with Crippen molar-refractivity contribution < 1.29 is 13.2 Å². The van der Waals surface area contributed by atoms with Crippen molar-refractivity contribution in [1.29, 1.82) is 0 Å². The third kappa shape index (κ3) is 2.68. The summed E-state index contributed by atoms with van der Waals surface area (Å²) in [5.74, 6) is 0.00262. The van der Waals surface area contributed by atoms with Crippen LogP contribution in [0.5, 0.6) is 0 Å². The predicted octanol–water partition coefficient (Wildman–Crippen LogP) is 3.20. The molecular formula is C11H13ClF3N. The normalized spacial score (nSPS) is 20.6. The quantitative estimate of drug-likeness (QED) is 0.808. The van der Waals surface area contributed by atoms with Crippen molar-refractivity contribution >= 4 is 12.4 Å². The first-order valence-electron chi connectivity index (χ1n) is 4.96. The molecule has 0 bridgehead atoms. The minimum Gasteiger partial charge on any atom is -0.316 e. The maximum atomic E-state index is 12.7. The van der Waals surface area contributed by atoms with E-state index in [0.29, 0.717) is 12.1 Å². The van der Waals surface area contributed by atoms with Gasteiger partial charge >= 0.3 is 6.18 Å². The lowest BCUT2D eigenvalue weighted by atomic mass is 9.93. The molecular weight excluding hydrogens is 239 g/mol. The van der Waals surface area contributed by atoms with Crippen LogP contribution >= 0.6 is 12.4 Å². The zero-order valence-corrected chi connectivity index (χ0v) is 9.37. The Labute approximate surface area is 98.4 Å². The lowest BCUT2D eigenvalue weighted by Crippen LogP contribution is -2.14. The summed E-state index contributed by atoms with van der Waals surface area (Å²) in [6, 6.07) is 5.85. The maximum absolute atomic E-state index is 12.7. The Bertz CT molecular complexity index is 345. The number of alkyl halides is 3. The lowest BCUT2D eigenvalue weighted by Gasteiger charge is -2.16. The SMILES string of the molecule is Cl.FC(F)(F)c1ccccc1C1CCNC1. The molecule has 1 aromatic carbocycles. The van der Waals surface area contributed by atoms with Crippen LogP contribution < -0.4 is 5.32 Å². The van der Waals surface area contributed by atoms with Crippen LogP contribution in [-0.4, -0.2) is 13.1 Å². The molecule has 1 fully saturated rings. The highest BCUT2D eigenvalue weighted by molar-refractivity contribution is 5.85. The number of hydrogen-bond donors (Lipinski definition) is 1. The molecule has 90 valence electrons. The molecule has 2 rings (SSSR count). The van der Waals surface area contributed by atoms with E-state index in [1.165, 1.54) is 6.07 Å². The highest BCUT2D eigenvalue weighted by Crippen LogP contribution is 2.36. The Morgan fingerprint density at radius 3 is 2.44 bits per heavy atom. The Morgan fingerprint density at radius 1 is 1.19 bits per heavy atom. The first-order chi connectivity index (χ1) is 7.09. The van der Waals surface area contributed by atoms with Gasteiger partial charge in [-0.15, -0.1) is 12.4 Å². The zero-order chi connectivity index (χ0) is 10.9. The number of halogens is 4. The van der Waals surface area contributed by atoms with Gasteiger partial charge in [0.2, 0.25) is 0 Å². The highest BCUT2D eigenvalue weighted by Gasteiger charge is 2.35. The van der Waals surface area contributed by atoms with Crippen LogP contribution in [-0.2, 0) is 6.18 Å². The fourth-order valence-corrected chi connectivity index (χ4v) is 2.03. The molecule has 1 heterocycles. The van der Waals surface area contributed by atoms with Crippen LogP contribution in [0.3, 0.4) is 0 Å². The molecule has 0 aliphatic carbocycles. The molecule has 1 aromatic rings. The summed E-state index contributed by atoms with van der Waals surface area (Å²) in [5, 5.41) is 3.08. The summed E-state index contributed by atoms with van der Waals surface area (Å²) in [7, 11) is 0.